The average Bonchev–Trinajstić information content (AvgIpc) is 3.56. The zero-order valence-electron chi connectivity index (χ0n) is 23.2. The van der Waals surface area contributed by atoms with Gasteiger partial charge in [-0.3, -0.25) is 9.59 Å². The first-order valence-electron chi connectivity index (χ1n) is 13.5. The lowest BCUT2D eigenvalue weighted by atomic mass is 9.86. The molecule has 10 heteroatoms. The molecule has 0 fully saturated rings. The van der Waals surface area contributed by atoms with E-state index in [-0.39, 0.29) is 35.4 Å². The van der Waals surface area contributed by atoms with Crippen molar-refractivity contribution < 1.29 is 9.59 Å². The van der Waals surface area contributed by atoms with E-state index in [2.05, 4.69) is 38.1 Å². The molecule has 2 aliphatic rings. The van der Waals surface area contributed by atoms with E-state index in [4.69, 9.17) is 46.4 Å². The third-order valence-corrected chi connectivity index (χ3v) is 10.9. The van der Waals surface area contributed by atoms with Crippen molar-refractivity contribution in [2.24, 2.45) is 0 Å². The summed E-state index contributed by atoms with van der Waals surface area (Å²) >= 11 is 27.0. The number of carbonyl (C=O) groups excluding carboxylic acids is 2. The van der Waals surface area contributed by atoms with Gasteiger partial charge in [0.25, 0.3) is 0 Å². The summed E-state index contributed by atoms with van der Waals surface area (Å²) in [6, 6.07) is 20.7. The van der Waals surface area contributed by atoms with Crippen molar-refractivity contribution in [1.82, 2.24) is 9.80 Å². The van der Waals surface area contributed by atoms with Crippen molar-refractivity contribution in [2.45, 2.75) is 38.8 Å². The fraction of sp³-hybridized carbons (Fsp3) is 0.312. The van der Waals surface area contributed by atoms with Gasteiger partial charge in [-0.15, -0.1) is 45.9 Å². The summed E-state index contributed by atoms with van der Waals surface area (Å²) in [5.74, 6) is 0.344. The highest BCUT2D eigenvalue weighted by Gasteiger charge is 2.32. The molecule has 4 nitrogen and oxygen atoms in total. The van der Waals surface area contributed by atoms with Crippen LogP contribution in [0.5, 0.6) is 0 Å². The quantitative estimate of drug-likeness (QED) is 0.202. The fourth-order valence-corrected chi connectivity index (χ4v) is 8.86. The zero-order valence-corrected chi connectivity index (χ0v) is 27.9. The summed E-state index contributed by atoms with van der Waals surface area (Å²) in [4.78, 5) is 30.0. The monoisotopic (exact) mass is 678 g/mol. The molecule has 0 aliphatic carbocycles. The minimum atomic E-state index is -0.0228. The van der Waals surface area contributed by atoms with Gasteiger partial charge in [-0.25, -0.2) is 0 Å². The van der Waals surface area contributed by atoms with Crippen LogP contribution in [-0.2, 0) is 22.7 Å². The Morgan fingerprint density at radius 1 is 0.690 bits per heavy atom. The van der Waals surface area contributed by atoms with Gasteiger partial charge in [-0.05, 0) is 59.4 Å². The number of rotatable bonds is 4. The highest BCUT2D eigenvalue weighted by Crippen LogP contribution is 2.42. The molecule has 2 aromatic carbocycles. The third-order valence-electron chi connectivity index (χ3n) is 7.91. The van der Waals surface area contributed by atoms with Crippen molar-refractivity contribution in [3.05, 3.63) is 112 Å². The Bertz CT molecular complexity index is 1480. The molecule has 220 valence electrons. The molecule has 0 saturated heterocycles. The number of fused-ring (bicyclic) bond motifs is 2. The van der Waals surface area contributed by atoms with Crippen LogP contribution < -0.4 is 0 Å². The Labute approximate surface area is 274 Å². The van der Waals surface area contributed by atoms with Crippen LogP contribution in [0.3, 0.4) is 0 Å². The Kier molecular flexibility index (Phi) is 10.2. The number of thiophene rings is 2. The van der Waals surface area contributed by atoms with Gasteiger partial charge >= 0.3 is 0 Å². The Hall–Kier alpha value is -2.06. The van der Waals surface area contributed by atoms with Crippen LogP contribution in [0, 0.1) is 13.8 Å². The minimum Gasteiger partial charge on any atom is -0.336 e. The molecule has 2 atom stereocenters. The first kappa shape index (κ1) is 31.4. The molecule has 0 bridgehead atoms. The van der Waals surface area contributed by atoms with E-state index in [0.29, 0.717) is 26.2 Å². The number of hydrogen-bond donors (Lipinski definition) is 0. The molecule has 0 unspecified atom stereocenters. The number of amides is 2. The van der Waals surface area contributed by atoms with Gasteiger partial charge in [0, 0.05) is 34.7 Å². The topological polar surface area (TPSA) is 40.6 Å². The highest BCUT2D eigenvalue weighted by molar-refractivity contribution is 7.16. The Balaban J connectivity index is 0.000000168. The number of halogens is 4. The van der Waals surface area contributed by atoms with E-state index in [1.807, 2.05) is 46.2 Å². The number of benzene rings is 2. The Morgan fingerprint density at radius 2 is 1.07 bits per heavy atom. The standard InChI is InChI=1S/2C16H15Cl2NOS/c2*1-10-4-2-3-5-11(10)13-8-19(16(20)7-17)9-14-12(13)6-15(18)21-14/h2*2-6,13H,7-9H2,1H3/t2*13-/m10/s1. The lowest BCUT2D eigenvalue weighted by molar-refractivity contribution is -0.130. The number of aryl methyl sites for hydroxylation is 2. The van der Waals surface area contributed by atoms with Crippen LogP contribution >= 0.6 is 69.1 Å². The second-order valence-corrected chi connectivity index (χ2v) is 14.6. The molecule has 6 rings (SSSR count). The molecule has 42 heavy (non-hydrogen) atoms. The highest BCUT2D eigenvalue weighted by atomic mass is 35.5. The van der Waals surface area contributed by atoms with Gasteiger partial charge in [0.05, 0.1) is 21.8 Å². The number of hydrogen-bond acceptors (Lipinski definition) is 4. The van der Waals surface area contributed by atoms with Gasteiger partial charge in [-0.1, -0.05) is 71.7 Å². The van der Waals surface area contributed by atoms with Gasteiger partial charge in [0.1, 0.15) is 11.8 Å². The molecule has 0 radical (unpaired) electrons. The molecule has 0 saturated carbocycles. The van der Waals surface area contributed by atoms with Gasteiger partial charge in [-0.2, -0.15) is 0 Å². The predicted octanol–water partition coefficient (Wildman–Crippen LogP) is 8.85. The van der Waals surface area contributed by atoms with Crippen LogP contribution in [0.2, 0.25) is 8.67 Å². The molecule has 0 spiro atoms. The predicted molar refractivity (Wildman–Crippen MR) is 177 cm³/mol. The second kappa shape index (κ2) is 13.7. The number of carbonyl (C=O) groups is 2. The van der Waals surface area contributed by atoms with Crippen molar-refractivity contribution in [3.8, 4) is 0 Å². The van der Waals surface area contributed by atoms with Crippen LogP contribution in [0.4, 0.5) is 0 Å². The molecule has 0 N–H and O–H groups in total. The summed E-state index contributed by atoms with van der Waals surface area (Å²) in [7, 11) is 0. The van der Waals surface area contributed by atoms with Crippen LogP contribution in [0.1, 0.15) is 55.0 Å². The van der Waals surface area contributed by atoms with Crippen LogP contribution in [-0.4, -0.2) is 46.5 Å². The van der Waals surface area contributed by atoms with Crippen molar-refractivity contribution in [3.63, 3.8) is 0 Å². The molecule has 2 amide bonds. The third kappa shape index (κ3) is 6.69. The smallest absolute Gasteiger partial charge is 0.237 e. The van der Waals surface area contributed by atoms with E-state index in [1.165, 1.54) is 33.4 Å². The molecular weight excluding hydrogens is 650 g/mol. The lowest BCUT2D eigenvalue weighted by Gasteiger charge is -2.33. The van der Waals surface area contributed by atoms with Crippen molar-refractivity contribution in [2.75, 3.05) is 24.8 Å². The van der Waals surface area contributed by atoms with Gasteiger partial charge in [0.15, 0.2) is 0 Å². The normalized spacial score (nSPS) is 17.7. The Morgan fingerprint density at radius 3 is 1.43 bits per heavy atom. The van der Waals surface area contributed by atoms with Crippen molar-refractivity contribution >= 4 is 80.9 Å². The van der Waals surface area contributed by atoms with Gasteiger partial charge in [0.2, 0.25) is 11.8 Å². The summed E-state index contributed by atoms with van der Waals surface area (Å²) in [6.07, 6.45) is 0. The van der Waals surface area contributed by atoms with E-state index < -0.39 is 0 Å². The van der Waals surface area contributed by atoms with E-state index in [1.54, 1.807) is 22.7 Å². The van der Waals surface area contributed by atoms with E-state index >= 15 is 0 Å². The molecule has 4 heterocycles. The fourth-order valence-electron chi connectivity index (χ4n) is 5.80. The first-order chi connectivity index (χ1) is 20.2. The first-order valence-corrected chi connectivity index (χ1v) is 17.0. The average molecular weight is 681 g/mol. The lowest BCUT2D eigenvalue weighted by Crippen LogP contribution is -2.38. The van der Waals surface area contributed by atoms with Crippen LogP contribution in [0.15, 0.2) is 60.7 Å². The SMILES string of the molecule is Cc1ccccc1[C@@H]1CN(C(=O)CCl)Cc2sc(Cl)cc21.Cc1ccccc1[C@H]1CN(C(=O)CCl)Cc2sc(Cl)cc21. The summed E-state index contributed by atoms with van der Waals surface area (Å²) in [6.45, 7) is 6.75. The largest absolute Gasteiger partial charge is 0.336 e. The summed E-state index contributed by atoms with van der Waals surface area (Å²) < 4.78 is 1.55. The maximum absolute atomic E-state index is 12.0. The summed E-state index contributed by atoms with van der Waals surface area (Å²) in [5.41, 5.74) is 7.46. The minimum absolute atomic E-state index is 0.0228. The molecular formula is C32H30Cl4N2O2S2. The maximum atomic E-state index is 12.0. The van der Waals surface area contributed by atoms with E-state index in [0.717, 1.165) is 18.4 Å². The number of alkyl halides is 2. The molecule has 2 aliphatic heterocycles. The molecule has 4 aromatic rings. The van der Waals surface area contributed by atoms with Crippen molar-refractivity contribution in [1.29, 1.82) is 0 Å². The zero-order chi connectivity index (χ0) is 30.0. The summed E-state index contributed by atoms with van der Waals surface area (Å²) in [5, 5.41) is 0. The maximum Gasteiger partial charge on any atom is 0.237 e. The molecule has 2 aromatic heterocycles. The second-order valence-electron chi connectivity index (χ2n) is 10.5. The van der Waals surface area contributed by atoms with E-state index in [9.17, 15) is 9.59 Å². The number of nitrogens with zero attached hydrogens (tertiary/aromatic N) is 2. The van der Waals surface area contributed by atoms with Crippen LogP contribution in [0.25, 0.3) is 0 Å². The van der Waals surface area contributed by atoms with Gasteiger partial charge < -0.3 is 9.80 Å².